The van der Waals surface area contributed by atoms with E-state index in [4.69, 9.17) is 10.0 Å². The molecular weight excluding hydrogens is 1420 g/mol. The van der Waals surface area contributed by atoms with Gasteiger partial charge in [0.15, 0.2) is 0 Å². The number of aryl methyl sites for hydroxylation is 1. The van der Waals surface area contributed by atoms with Gasteiger partial charge in [-0.15, -0.1) is 0 Å². The van der Waals surface area contributed by atoms with Crippen LogP contribution in [0.15, 0.2) is 97.1 Å². The van der Waals surface area contributed by atoms with Crippen LogP contribution in [0.2, 0.25) is 0 Å². The average Bonchev–Trinajstić information content (AvgIpc) is 0.765. The average molecular weight is 1540 g/mol. The van der Waals surface area contributed by atoms with Gasteiger partial charge in [0.2, 0.25) is 11.8 Å². The molecule has 2 amide bonds. The molecule has 0 aliphatic rings. The fourth-order valence-corrected chi connectivity index (χ4v) is 11.3. The van der Waals surface area contributed by atoms with Crippen LogP contribution >= 0.6 is 0 Å². The largest absolute Gasteiger partial charge is 0.488 e. The first-order chi connectivity index (χ1) is 43.1. The molecule has 0 fully saturated rings. The van der Waals surface area contributed by atoms with Crippen LogP contribution in [0.25, 0.3) is 21.5 Å². The second-order valence-electron chi connectivity index (χ2n) is 24.6. The first-order valence-corrected chi connectivity index (χ1v) is 33.2. The quantitative estimate of drug-likeness (QED) is 0.0221. The Morgan fingerprint density at radius 3 is 0.979 bits per heavy atom. The van der Waals surface area contributed by atoms with Gasteiger partial charge in [-0.2, -0.15) is 0 Å². The Bertz CT molecular complexity index is 2840. The molecule has 2 unspecified atom stereocenters. The second kappa shape index (κ2) is 54.0. The molecule has 0 aliphatic heterocycles. The molecule has 5 rings (SSSR count). The van der Waals surface area contributed by atoms with Crippen LogP contribution in [0.1, 0.15) is 204 Å². The molecule has 0 aromatic heterocycles. The maximum atomic E-state index is 12.5. The minimum absolute atomic E-state index is 0. The van der Waals surface area contributed by atoms with E-state index >= 15 is 0 Å². The van der Waals surface area contributed by atoms with Gasteiger partial charge in [0.1, 0.15) is 11.6 Å². The van der Waals surface area contributed by atoms with Crippen molar-refractivity contribution in [3.63, 3.8) is 0 Å². The zero-order valence-electron chi connectivity index (χ0n) is 62.9. The van der Waals surface area contributed by atoms with Gasteiger partial charge in [-0.3, -0.25) is 33.3 Å². The fraction of sp³-hybridized carbons (Fsp3) is 0.526. The molecule has 19 heteroatoms. The molecule has 95 heavy (non-hydrogen) atoms. The third-order valence-corrected chi connectivity index (χ3v) is 15.3. The Kier molecular flexibility index (Phi) is 58.7. The van der Waals surface area contributed by atoms with E-state index in [2.05, 4.69) is 83.4 Å². The molecule has 2 atom stereocenters. The van der Waals surface area contributed by atoms with E-state index in [1.54, 1.807) is 51.3 Å². The van der Waals surface area contributed by atoms with Crippen molar-refractivity contribution >= 4 is 81.7 Å². The minimum atomic E-state index is -1.48. The number of carbonyl (C=O) groups excluding carboxylic acids is 6. The van der Waals surface area contributed by atoms with Crippen molar-refractivity contribution in [2.45, 2.75) is 208 Å². The number of carbonyl (C=O) groups is 6. The Hall–Kier alpha value is -2.82. The van der Waals surface area contributed by atoms with Crippen molar-refractivity contribution in [2.75, 3.05) is 35.2 Å². The van der Waals surface area contributed by atoms with Crippen LogP contribution in [0.3, 0.4) is 0 Å². The summed E-state index contributed by atoms with van der Waals surface area (Å²) < 4.78 is 0. The molecule has 5 aromatic carbocycles. The molecular formula is C76H122B2N4O10Y3-4. The van der Waals surface area contributed by atoms with E-state index in [-0.39, 0.29) is 146 Å². The van der Waals surface area contributed by atoms with Gasteiger partial charge >= 0.3 is 14.2 Å². The monoisotopic (exact) mass is 1540 g/mol. The predicted molar refractivity (Wildman–Crippen MR) is 390 cm³/mol. The molecule has 0 saturated carbocycles. The van der Waals surface area contributed by atoms with Crippen molar-refractivity contribution in [2.24, 2.45) is 21.7 Å². The maximum Gasteiger partial charge on any atom is 0.488 e. The number of amides is 2. The van der Waals surface area contributed by atoms with Gasteiger partial charge in [-0.25, -0.2) is 0 Å². The number of nitrogens with zero attached hydrogens (tertiary/aromatic N) is 4. The summed E-state index contributed by atoms with van der Waals surface area (Å²) in [5, 5.41) is 42.5. The van der Waals surface area contributed by atoms with Gasteiger partial charge in [-0.1, -0.05) is 215 Å². The number of hydrogen-bond acceptors (Lipinski definition) is 12. The molecule has 4 N–H and O–H groups in total. The normalized spacial score (nSPS) is 11.6. The number of rotatable bonds is 27. The number of Topliss-reactive ketones (excluding diaryl/α,β-unsaturated/α-hetero) is 4. The van der Waals surface area contributed by atoms with Crippen molar-refractivity contribution < 1.29 is 147 Å². The molecule has 525 valence electrons. The molecule has 0 bridgehead atoms. The topological polar surface area (TPSA) is 196 Å². The molecule has 0 aliphatic carbocycles. The molecule has 5 aromatic rings. The van der Waals surface area contributed by atoms with E-state index in [0.29, 0.717) is 69.1 Å². The Balaban J connectivity index is -0.000000273. The zero-order valence-corrected chi connectivity index (χ0v) is 71.4. The van der Waals surface area contributed by atoms with E-state index in [9.17, 15) is 38.8 Å². The molecule has 14 nitrogen and oxygen atoms in total. The van der Waals surface area contributed by atoms with Gasteiger partial charge in [0.05, 0.1) is 0 Å². The van der Waals surface area contributed by atoms with Crippen molar-refractivity contribution in [3.8, 4) is 0 Å². The van der Waals surface area contributed by atoms with Crippen LogP contribution in [0.4, 0.5) is 0 Å². The fourth-order valence-electron chi connectivity index (χ4n) is 11.3. The molecule has 3 radical (unpaired) electrons. The van der Waals surface area contributed by atoms with Crippen molar-refractivity contribution in [3.05, 3.63) is 147 Å². The van der Waals surface area contributed by atoms with Crippen LogP contribution in [-0.2, 0) is 153 Å². The smallest absolute Gasteiger partial charge is 0.458 e. The SMILES string of the molecule is CC.CC.CC.CC.[CH2-]C(=O)CCC(C)(CC(C)(C)C(=O)CCC)C(=O)N(C)C.[CH2-]C(=O)CCC(C)(CC(C)(C)C(=O)CCC)C(=O)N(C)C.[CH2-]N(C)Cc1ccccc1B(O)O.[CH2-]N(Cc1ccccc1B(O)O)Cc1c2ccccc2c(CC)c2ccccc12.[Y].[Y].[Y]. The number of ketones is 4. The summed E-state index contributed by atoms with van der Waals surface area (Å²) in [7, 11) is 13.7. The van der Waals surface area contributed by atoms with Crippen LogP contribution in [0, 0.1) is 49.6 Å². The van der Waals surface area contributed by atoms with E-state index in [1.165, 1.54) is 42.5 Å². The maximum absolute atomic E-state index is 12.5. The van der Waals surface area contributed by atoms with Crippen molar-refractivity contribution in [1.82, 2.24) is 19.6 Å². The predicted octanol–water partition coefficient (Wildman–Crippen LogP) is 13.8. The zero-order chi connectivity index (χ0) is 71.9. The van der Waals surface area contributed by atoms with Gasteiger partial charge < -0.3 is 63.1 Å². The summed E-state index contributed by atoms with van der Waals surface area (Å²) in [5.74, 6) is -0.0920. The number of hydrogen-bond donors (Lipinski definition) is 4. The summed E-state index contributed by atoms with van der Waals surface area (Å²) in [5.41, 5.74) is 2.88. The number of fused-ring (bicyclic) bond motifs is 2. The van der Waals surface area contributed by atoms with E-state index in [1.807, 2.05) is 153 Å². The van der Waals surface area contributed by atoms with Gasteiger partial charge in [0.25, 0.3) is 0 Å². The summed E-state index contributed by atoms with van der Waals surface area (Å²) in [4.78, 5) is 78.7. The summed E-state index contributed by atoms with van der Waals surface area (Å²) in [6.07, 6.45) is 5.90. The van der Waals surface area contributed by atoms with Crippen LogP contribution in [-0.4, -0.2) is 124 Å². The van der Waals surface area contributed by atoms with Gasteiger partial charge in [-0.05, 0) is 151 Å². The molecule has 0 spiro atoms. The third kappa shape index (κ3) is 36.4. The standard InChI is InChI=1S/C25H25BNO2.2C17H30NO3.C9H13BNO2.4C2H6.3Y/c1-3-19-20-11-5-7-13-22(20)24(23-14-8-6-12-21(19)23)17-27(2)16-18-10-4-9-15-25(18)26(28)29;2*1-8-9-14(20)16(3,4)12-17(5,11-10-13(2)19)15(21)18(6)7;1-11(2)7-8-5-3-4-6-9(8)10(12)13;4*1-2;;;/h4-15,28-29H,2-3,16-17H2,1H3;2*2,8-12H2,1,3-7H3;3-6,12-13H,1,7H2,2H3;4*1-2H3;;;/q4*-1;;;;;;;. The Labute approximate surface area is 653 Å². The van der Waals surface area contributed by atoms with E-state index < -0.39 is 35.9 Å². The summed E-state index contributed by atoms with van der Waals surface area (Å²) in [6.45, 7) is 42.0. The molecule has 0 saturated heterocycles. The third-order valence-electron chi connectivity index (χ3n) is 15.3. The molecule has 0 heterocycles. The first-order valence-electron chi connectivity index (χ1n) is 33.2. The van der Waals surface area contributed by atoms with Gasteiger partial charge in [0, 0.05) is 161 Å². The van der Waals surface area contributed by atoms with Crippen LogP contribution in [0.5, 0.6) is 0 Å². The first kappa shape index (κ1) is 103. The summed E-state index contributed by atoms with van der Waals surface area (Å²) >= 11 is 0. The van der Waals surface area contributed by atoms with E-state index in [0.717, 1.165) is 30.4 Å². The van der Waals surface area contributed by atoms with Crippen molar-refractivity contribution in [1.29, 1.82) is 0 Å². The van der Waals surface area contributed by atoms with Crippen LogP contribution < -0.4 is 10.9 Å². The second-order valence-corrected chi connectivity index (χ2v) is 24.6. The minimum Gasteiger partial charge on any atom is -0.458 e. The summed E-state index contributed by atoms with van der Waals surface area (Å²) in [6, 6.07) is 31.8. The number of benzene rings is 5. The Morgan fingerprint density at radius 2 is 0.716 bits per heavy atom. The Morgan fingerprint density at radius 1 is 0.432 bits per heavy atom.